The molecule has 1 aliphatic rings. The summed E-state index contributed by atoms with van der Waals surface area (Å²) in [7, 11) is 0.563. The second-order valence-corrected chi connectivity index (χ2v) is 9.81. The smallest absolute Gasteiger partial charge is 0.251 e. The Labute approximate surface area is 170 Å². The molecule has 1 aliphatic heterocycles. The molecule has 7 nitrogen and oxygen atoms in total. The molecular weight excluding hydrogens is 398 g/mol. The van der Waals surface area contributed by atoms with Gasteiger partial charge in [-0.25, -0.2) is 8.42 Å². The minimum absolute atomic E-state index is 0.171. The molecule has 0 radical (unpaired) electrons. The van der Waals surface area contributed by atoms with E-state index < -0.39 is 10.0 Å². The van der Waals surface area contributed by atoms with E-state index in [2.05, 4.69) is 25.5 Å². The van der Waals surface area contributed by atoms with Crippen molar-refractivity contribution in [3.05, 3.63) is 52.2 Å². The average molecular weight is 425 g/mol. The van der Waals surface area contributed by atoms with Crippen molar-refractivity contribution in [1.82, 2.24) is 9.62 Å². The van der Waals surface area contributed by atoms with Crippen LogP contribution in [-0.2, 0) is 14.8 Å². The Bertz CT molecular complexity index is 874. The molecule has 1 saturated heterocycles. The van der Waals surface area contributed by atoms with Crippen molar-refractivity contribution in [2.24, 2.45) is 0 Å². The molecule has 0 saturated carbocycles. The highest BCUT2D eigenvalue weighted by atomic mass is 32.2. The highest BCUT2D eigenvalue weighted by molar-refractivity contribution is 7.89. The van der Waals surface area contributed by atoms with Gasteiger partial charge in [0, 0.05) is 18.7 Å². The highest BCUT2D eigenvalue weighted by Crippen LogP contribution is 2.18. The number of nitrogens with one attached hydrogen (secondary N) is 2. The molecule has 2 N–H and O–H groups in total. The van der Waals surface area contributed by atoms with Gasteiger partial charge in [0.05, 0.1) is 43.6 Å². The Hall–Kier alpha value is -1.78. The van der Waals surface area contributed by atoms with Gasteiger partial charge >= 0.3 is 0 Å². The van der Waals surface area contributed by atoms with Crippen LogP contribution in [0.25, 0.3) is 0 Å². The van der Waals surface area contributed by atoms with Gasteiger partial charge in [-0.15, -0.1) is 11.3 Å². The van der Waals surface area contributed by atoms with Crippen LogP contribution in [0.5, 0.6) is 0 Å². The van der Waals surface area contributed by atoms with E-state index in [9.17, 15) is 13.2 Å². The number of ether oxygens (including phenoxy) is 1. The van der Waals surface area contributed by atoms with E-state index in [0.29, 0.717) is 38.4 Å². The fourth-order valence-corrected chi connectivity index (χ4v) is 5.45. The number of benzene rings is 1. The van der Waals surface area contributed by atoms with E-state index in [4.69, 9.17) is 4.74 Å². The van der Waals surface area contributed by atoms with E-state index in [1.807, 2.05) is 11.4 Å². The molecule has 1 fully saturated rings. The summed E-state index contributed by atoms with van der Waals surface area (Å²) in [6.07, 6.45) is 0. The predicted molar refractivity (Wildman–Crippen MR) is 108 cm³/mol. The van der Waals surface area contributed by atoms with Crippen molar-refractivity contribution in [2.45, 2.75) is 10.9 Å². The molecule has 0 spiro atoms. The number of carbonyl (C=O) groups is 1. The van der Waals surface area contributed by atoms with Crippen LogP contribution in [-0.4, -0.2) is 65.6 Å². The number of amides is 1. The van der Waals surface area contributed by atoms with Gasteiger partial charge in [0.1, 0.15) is 6.04 Å². The fourth-order valence-electron chi connectivity index (χ4n) is 3.09. The first kappa shape index (κ1) is 20.9. The van der Waals surface area contributed by atoms with Gasteiger partial charge in [-0.2, -0.15) is 4.31 Å². The number of rotatable bonds is 7. The van der Waals surface area contributed by atoms with Crippen LogP contribution in [0.2, 0.25) is 0 Å². The minimum Gasteiger partial charge on any atom is -0.379 e. The van der Waals surface area contributed by atoms with E-state index in [-0.39, 0.29) is 16.8 Å². The predicted octanol–water partition coefficient (Wildman–Crippen LogP) is 0.385. The Morgan fingerprint density at radius 2 is 1.89 bits per heavy atom. The van der Waals surface area contributed by atoms with E-state index in [1.54, 1.807) is 23.5 Å². The molecular formula is C19H26N3O4S2+. The first-order valence-corrected chi connectivity index (χ1v) is 11.5. The standard InChI is InChI=1S/C19H25N3O4S2/c1-21(2)17(18-4-3-13-27-18)14-20-19(23)15-5-7-16(8-6-15)28(24,25)22-9-11-26-12-10-22/h3-8,13,17H,9-12,14H2,1-2H3,(H,20,23)/p+1/t17-/m1/s1. The average Bonchev–Trinajstić information content (AvgIpc) is 3.23. The van der Waals surface area contributed by atoms with Crippen LogP contribution >= 0.6 is 11.3 Å². The second-order valence-electron chi connectivity index (χ2n) is 6.90. The van der Waals surface area contributed by atoms with Crippen molar-refractivity contribution in [2.75, 3.05) is 46.9 Å². The Morgan fingerprint density at radius 3 is 2.46 bits per heavy atom. The summed E-state index contributed by atoms with van der Waals surface area (Å²) in [5.41, 5.74) is 0.444. The normalized spacial score (nSPS) is 16.8. The lowest BCUT2D eigenvalue weighted by molar-refractivity contribution is -0.890. The third kappa shape index (κ3) is 4.79. The van der Waals surface area contributed by atoms with Gasteiger partial charge in [0.15, 0.2) is 0 Å². The molecule has 2 aromatic rings. The van der Waals surface area contributed by atoms with Crippen molar-refractivity contribution in [1.29, 1.82) is 0 Å². The number of sulfonamides is 1. The Morgan fingerprint density at radius 1 is 1.21 bits per heavy atom. The van der Waals surface area contributed by atoms with E-state index in [1.165, 1.54) is 26.2 Å². The third-order valence-corrected chi connectivity index (χ3v) is 7.67. The number of thiophene rings is 1. The van der Waals surface area contributed by atoms with Crippen LogP contribution in [0, 0.1) is 0 Å². The monoisotopic (exact) mass is 424 g/mol. The third-order valence-electron chi connectivity index (χ3n) is 4.77. The maximum absolute atomic E-state index is 12.7. The number of nitrogens with zero attached hydrogens (tertiary/aromatic N) is 1. The zero-order valence-corrected chi connectivity index (χ0v) is 17.7. The lowest BCUT2D eigenvalue weighted by Gasteiger charge is -2.26. The maximum Gasteiger partial charge on any atom is 0.251 e. The Balaban J connectivity index is 1.65. The summed E-state index contributed by atoms with van der Waals surface area (Å²) >= 11 is 1.67. The van der Waals surface area contributed by atoms with Gasteiger partial charge in [-0.05, 0) is 35.7 Å². The second kappa shape index (κ2) is 9.15. The van der Waals surface area contributed by atoms with Crippen LogP contribution in [0.3, 0.4) is 0 Å². The molecule has 0 bridgehead atoms. The number of carbonyl (C=O) groups excluding carboxylic acids is 1. The zero-order valence-electron chi connectivity index (χ0n) is 16.1. The molecule has 0 aliphatic carbocycles. The minimum atomic E-state index is -3.55. The van der Waals surface area contributed by atoms with Crippen LogP contribution in [0.1, 0.15) is 21.3 Å². The van der Waals surface area contributed by atoms with Gasteiger partial charge in [0.2, 0.25) is 10.0 Å². The van der Waals surface area contributed by atoms with Crippen LogP contribution in [0.4, 0.5) is 0 Å². The summed E-state index contributed by atoms with van der Waals surface area (Å²) < 4.78 is 31.9. The number of hydrogen-bond donors (Lipinski definition) is 2. The molecule has 1 atom stereocenters. The van der Waals surface area contributed by atoms with Crippen LogP contribution in [0.15, 0.2) is 46.7 Å². The quantitative estimate of drug-likeness (QED) is 0.674. The first-order chi connectivity index (χ1) is 13.4. The number of hydrogen-bond acceptors (Lipinski definition) is 5. The lowest BCUT2D eigenvalue weighted by atomic mass is 10.2. The van der Waals surface area contributed by atoms with Crippen molar-refractivity contribution in [3.8, 4) is 0 Å². The van der Waals surface area contributed by atoms with E-state index in [0.717, 1.165) is 0 Å². The van der Waals surface area contributed by atoms with Crippen molar-refractivity contribution < 1.29 is 22.8 Å². The largest absolute Gasteiger partial charge is 0.379 e. The molecule has 2 heterocycles. The molecule has 152 valence electrons. The molecule has 9 heteroatoms. The summed E-state index contributed by atoms with van der Waals surface area (Å²) in [5.74, 6) is -0.210. The topological polar surface area (TPSA) is 80.2 Å². The Kier molecular flexibility index (Phi) is 6.84. The number of quaternary nitrogens is 1. The molecule has 3 rings (SSSR count). The molecule has 1 aromatic heterocycles. The highest BCUT2D eigenvalue weighted by Gasteiger charge is 2.26. The summed E-state index contributed by atoms with van der Waals surface area (Å²) in [4.78, 5) is 15.2. The number of likely N-dealkylation sites (N-methyl/N-ethyl adjacent to an activating group) is 1. The van der Waals surface area contributed by atoms with Crippen LogP contribution < -0.4 is 10.2 Å². The lowest BCUT2D eigenvalue weighted by Crippen LogP contribution is -3.06. The van der Waals surface area contributed by atoms with Gasteiger partial charge in [-0.3, -0.25) is 4.79 Å². The summed E-state index contributed by atoms with van der Waals surface area (Å²) in [6.45, 7) is 2.01. The molecule has 28 heavy (non-hydrogen) atoms. The van der Waals surface area contributed by atoms with Crippen molar-refractivity contribution >= 4 is 27.3 Å². The molecule has 0 unspecified atom stereocenters. The zero-order chi connectivity index (χ0) is 20.1. The SMILES string of the molecule is C[NH+](C)[C@H](CNC(=O)c1ccc(S(=O)(=O)N2CCOCC2)cc1)c1cccs1. The molecule has 1 aromatic carbocycles. The maximum atomic E-state index is 12.7. The van der Waals surface area contributed by atoms with Gasteiger partial charge in [0.25, 0.3) is 5.91 Å². The summed E-state index contributed by atoms with van der Waals surface area (Å²) in [6, 6.07) is 10.4. The van der Waals surface area contributed by atoms with Gasteiger partial charge < -0.3 is 15.0 Å². The molecule has 1 amide bonds. The first-order valence-electron chi connectivity index (χ1n) is 9.19. The summed E-state index contributed by atoms with van der Waals surface area (Å²) in [5, 5.41) is 4.99. The van der Waals surface area contributed by atoms with Crippen molar-refractivity contribution in [3.63, 3.8) is 0 Å². The van der Waals surface area contributed by atoms with E-state index >= 15 is 0 Å². The fraction of sp³-hybridized carbons (Fsp3) is 0.421. The van der Waals surface area contributed by atoms with Gasteiger partial charge in [-0.1, -0.05) is 6.07 Å². The number of morpholine rings is 1.